The SMILES string of the molecule is CCOC(=O)c1sc(-c2ccc(Br)c(C)c2)cc1N. The van der Waals surface area contributed by atoms with Crippen molar-refractivity contribution in [3.8, 4) is 10.4 Å². The number of rotatable bonds is 3. The Morgan fingerprint density at radius 3 is 2.79 bits per heavy atom. The number of carbonyl (C=O) groups excluding carboxylic acids is 1. The topological polar surface area (TPSA) is 52.3 Å². The summed E-state index contributed by atoms with van der Waals surface area (Å²) in [7, 11) is 0. The maximum atomic E-state index is 11.7. The molecular formula is C14H14BrNO2S. The molecule has 0 fully saturated rings. The maximum Gasteiger partial charge on any atom is 0.350 e. The zero-order valence-corrected chi connectivity index (χ0v) is 13.1. The molecule has 1 heterocycles. The first-order valence-electron chi connectivity index (χ1n) is 5.86. The summed E-state index contributed by atoms with van der Waals surface area (Å²) < 4.78 is 6.05. The fraction of sp³-hybridized carbons (Fsp3) is 0.214. The minimum absolute atomic E-state index is 0.350. The van der Waals surface area contributed by atoms with Crippen molar-refractivity contribution in [1.82, 2.24) is 0 Å². The van der Waals surface area contributed by atoms with Crippen LogP contribution < -0.4 is 5.73 Å². The van der Waals surface area contributed by atoms with Crippen molar-refractivity contribution in [2.45, 2.75) is 13.8 Å². The first kappa shape index (κ1) is 14.1. The molecule has 0 bridgehead atoms. The molecule has 0 radical (unpaired) electrons. The Labute approximate surface area is 124 Å². The highest BCUT2D eigenvalue weighted by molar-refractivity contribution is 9.10. The largest absolute Gasteiger partial charge is 0.462 e. The Balaban J connectivity index is 2.38. The monoisotopic (exact) mass is 339 g/mol. The van der Waals surface area contributed by atoms with Gasteiger partial charge in [-0.3, -0.25) is 0 Å². The summed E-state index contributed by atoms with van der Waals surface area (Å²) in [5, 5.41) is 0. The zero-order valence-electron chi connectivity index (χ0n) is 10.7. The Morgan fingerprint density at radius 1 is 1.42 bits per heavy atom. The average molecular weight is 340 g/mol. The Hall–Kier alpha value is -1.33. The number of anilines is 1. The predicted octanol–water partition coefficient (Wildman–Crippen LogP) is 4.24. The van der Waals surface area contributed by atoms with Gasteiger partial charge in [-0.15, -0.1) is 11.3 Å². The van der Waals surface area contributed by atoms with E-state index in [1.165, 1.54) is 11.3 Å². The highest BCUT2D eigenvalue weighted by Crippen LogP contribution is 2.35. The van der Waals surface area contributed by atoms with E-state index in [0.29, 0.717) is 17.2 Å². The van der Waals surface area contributed by atoms with Gasteiger partial charge >= 0.3 is 5.97 Å². The molecule has 2 rings (SSSR count). The van der Waals surface area contributed by atoms with Crippen LogP contribution in [0.1, 0.15) is 22.2 Å². The molecular weight excluding hydrogens is 326 g/mol. The van der Waals surface area contributed by atoms with Crippen molar-refractivity contribution in [1.29, 1.82) is 0 Å². The van der Waals surface area contributed by atoms with E-state index in [2.05, 4.69) is 22.0 Å². The van der Waals surface area contributed by atoms with Gasteiger partial charge in [-0.25, -0.2) is 4.79 Å². The zero-order chi connectivity index (χ0) is 14.0. The van der Waals surface area contributed by atoms with Gasteiger partial charge in [0.25, 0.3) is 0 Å². The van der Waals surface area contributed by atoms with Crippen LogP contribution in [0.3, 0.4) is 0 Å². The van der Waals surface area contributed by atoms with Crippen LogP contribution in [0.4, 0.5) is 5.69 Å². The van der Waals surface area contributed by atoms with E-state index in [-0.39, 0.29) is 5.97 Å². The van der Waals surface area contributed by atoms with E-state index in [4.69, 9.17) is 10.5 Å². The summed E-state index contributed by atoms with van der Waals surface area (Å²) >= 11 is 4.83. The highest BCUT2D eigenvalue weighted by Gasteiger charge is 2.16. The number of hydrogen-bond acceptors (Lipinski definition) is 4. The number of thiophene rings is 1. The lowest BCUT2D eigenvalue weighted by Gasteiger charge is -2.01. The molecule has 0 unspecified atom stereocenters. The normalized spacial score (nSPS) is 10.5. The number of halogens is 1. The van der Waals surface area contributed by atoms with Gasteiger partial charge in [0.2, 0.25) is 0 Å². The number of esters is 1. The molecule has 5 heteroatoms. The van der Waals surface area contributed by atoms with Gasteiger partial charge in [0.05, 0.1) is 12.3 Å². The quantitative estimate of drug-likeness (QED) is 0.850. The molecule has 0 spiro atoms. The van der Waals surface area contributed by atoms with Crippen LogP contribution in [0.2, 0.25) is 0 Å². The summed E-state index contributed by atoms with van der Waals surface area (Å²) in [6.45, 7) is 4.15. The molecule has 1 aromatic heterocycles. The number of nitrogen functional groups attached to an aromatic ring is 1. The molecule has 100 valence electrons. The molecule has 1 aromatic carbocycles. The fourth-order valence-electron chi connectivity index (χ4n) is 1.70. The minimum Gasteiger partial charge on any atom is -0.462 e. The lowest BCUT2D eigenvalue weighted by molar-refractivity contribution is 0.0533. The second kappa shape index (κ2) is 5.75. The Bertz CT molecular complexity index is 622. The third kappa shape index (κ3) is 2.98. The first-order chi connectivity index (χ1) is 9.02. The lowest BCUT2D eigenvalue weighted by atomic mass is 10.1. The number of carbonyl (C=O) groups is 1. The van der Waals surface area contributed by atoms with Crippen molar-refractivity contribution in [2.75, 3.05) is 12.3 Å². The minimum atomic E-state index is -0.356. The molecule has 0 atom stereocenters. The second-order valence-corrected chi connectivity index (χ2v) is 5.99. The summed E-state index contributed by atoms with van der Waals surface area (Å²) in [6, 6.07) is 7.87. The molecule has 2 N–H and O–H groups in total. The van der Waals surface area contributed by atoms with E-state index in [9.17, 15) is 4.79 Å². The number of ether oxygens (including phenoxy) is 1. The van der Waals surface area contributed by atoms with E-state index in [1.807, 2.05) is 25.1 Å². The number of nitrogens with two attached hydrogens (primary N) is 1. The molecule has 2 aromatic rings. The molecule has 0 aliphatic carbocycles. The van der Waals surface area contributed by atoms with Crippen molar-refractivity contribution in [3.05, 3.63) is 39.2 Å². The first-order valence-corrected chi connectivity index (χ1v) is 7.46. The van der Waals surface area contributed by atoms with Gasteiger partial charge < -0.3 is 10.5 Å². The number of hydrogen-bond donors (Lipinski definition) is 1. The van der Waals surface area contributed by atoms with Crippen LogP contribution >= 0.6 is 27.3 Å². The lowest BCUT2D eigenvalue weighted by Crippen LogP contribution is -2.04. The summed E-state index contributed by atoms with van der Waals surface area (Å²) in [4.78, 5) is 13.2. The molecule has 3 nitrogen and oxygen atoms in total. The van der Waals surface area contributed by atoms with Crippen molar-refractivity contribution < 1.29 is 9.53 Å². The Morgan fingerprint density at radius 2 is 2.16 bits per heavy atom. The van der Waals surface area contributed by atoms with E-state index < -0.39 is 0 Å². The van der Waals surface area contributed by atoms with Gasteiger partial charge in [-0.2, -0.15) is 0 Å². The van der Waals surface area contributed by atoms with E-state index in [0.717, 1.165) is 20.5 Å². The van der Waals surface area contributed by atoms with Crippen LogP contribution in [-0.2, 0) is 4.74 Å². The molecule has 0 saturated carbocycles. The van der Waals surface area contributed by atoms with E-state index >= 15 is 0 Å². The smallest absolute Gasteiger partial charge is 0.350 e. The fourth-order valence-corrected chi connectivity index (χ4v) is 2.92. The maximum absolute atomic E-state index is 11.7. The van der Waals surface area contributed by atoms with Gasteiger partial charge in [-0.05, 0) is 43.2 Å². The highest BCUT2D eigenvalue weighted by atomic mass is 79.9. The predicted molar refractivity (Wildman–Crippen MR) is 82.6 cm³/mol. The van der Waals surface area contributed by atoms with Gasteiger partial charge in [0, 0.05) is 9.35 Å². The molecule has 0 saturated heterocycles. The summed E-state index contributed by atoms with van der Waals surface area (Å²) in [5.41, 5.74) is 8.54. The Kier molecular flexibility index (Phi) is 4.27. The number of aryl methyl sites for hydroxylation is 1. The summed E-state index contributed by atoms with van der Waals surface area (Å²) in [6.07, 6.45) is 0. The average Bonchev–Trinajstić information content (AvgIpc) is 2.75. The van der Waals surface area contributed by atoms with Crippen LogP contribution in [0.5, 0.6) is 0 Å². The van der Waals surface area contributed by atoms with Gasteiger partial charge in [-0.1, -0.05) is 22.0 Å². The van der Waals surface area contributed by atoms with Gasteiger partial charge in [0.15, 0.2) is 0 Å². The standard InChI is InChI=1S/C14H14BrNO2S/c1-3-18-14(17)13-11(16)7-12(19-13)9-4-5-10(15)8(2)6-9/h4-7H,3,16H2,1-2H3. The van der Waals surface area contributed by atoms with Gasteiger partial charge in [0.1, 0.15) is 4.88 Å². The van der Waals surface area contributed by atoms with Crippen LogP contribution in [0, 0.1) is 6.92 Å². The van der Waals surface area contributed by atoms with Crippen LogP contribution in [-0.4, -0.2) is 12.6 Å². The van der Waals surface area contributed by atoms with Crippen molar-refractivity contribution >= 4 is 38.9 Å². The van der Waals surface area contributed by atoms with E-state index in [1.54, 1.807) is 6.92 Å². The third-order valence-corrected chi connectivity index (χ3v) is 4.73. The van der Waals surface area contributed by atoms with Crippen LogP contribution in [0.25, 0.3) is 10.4 Å². The second-order valence-electron chi connectivity index (χ2n) is 4.08. The van der Waals surface area contributed by atoms with Crippen LogP contribution in [0.15, 0.2) is 28.7 Å². The molecule has 19 heavy (non-hydrogen) atoms. The summed E-state index contributed by atoms with van der Waals surface area (Å²) in [5.74, 6) is -0.356. The van der Waals surface area contributed by atoms with Crippen molar-refractivity contribution in [2.24, 2.45) is 0 Å². The molecule has 0 aliphatic heterocycles. The molecule has 0 aliphatic rings. The third-order valence-electron chi connectivity index (χ3n) is 2.66. The molecule has 0 amide bonds. The van der Waals surface area contributed by atoms with Crippen molar-refractivity contribution in [3.63, 3.8) is 0 Å². The number of benzene rings is 1.